The number of methoxy groups -OCH3 is 1. The van der Waals surface area contributed by atoms with E-state index >= 15 is 0 Å². The summed E-state index contributed by atoms with van der Waals surface area (Å²) in [7, 11) is 1.73. The summed E-state index contributed by atoms with van der Waals surface area (Å²) in [5.41, 5.74) is 3.47. The summed E-state index contributed by atoms with van der Waals surface area (Å²) < 4.78 is 5.46. The van der Waals surface area contributed by atoms with Crippen LogP contribution in [0.4, 0.5) is 0 Å². The third-order valence-electron chi connectivity index (χ3n) is 3.67. The minimum Gasteiger partial charge on any atom is -0.496 e. The summed E-state index contributed by atoms with van der Waals surface area (Å²) in [6, 6.07) is 0. The van der Waals surface area contributed by atoms with Crippen LogP contribution >= 0.6 is 0 Å². The summed E-state index contributed by atoms with van der Waals surface area (Å²) in [6.45, 7) is 13.1. The number of aryl methyl sites for hydroxylation is 2. The van der Waals surface area contributed by atoms with Gasteiger partial charge in [0.05, 0.1) is 7.11 Å². The highest BCUT2D eigenvalue weighted by Crippen LogP contribution is 2.25. The van der Waals surface area contributed by atoms with Gasteiger partial charge in [-0.05, 0) is 51.6 Å². The summed E-state index contributed by atoms with van der Waals surface area (Å²) in [5, 5.41) is 3.52. The van der Waals surface area contributed by atoms with Crippen molar-refractivity contribution in [3.63, 3.8) is 0 Å². The Morgan fingerprint density at radius 3 is 2.50 bits per heavy atom. The van der Waals surface area contributed by atoms with Crippen molar-refractivity contribution in [2.24, 2.45) is 11.8 Å². The Hall–Kier alpha value is -1.09. The zero-order valence-electron chi connectivity index (χ0n) is 13.9. The molecular weight excluding hydrogens is 248 g/mol. The summed E-state index contributed by atoms with van der Waals surface area (Å²) >= 11 is 0. The highest BCUT2D eigenvalue weighted by atomic mass is 16.5. The Balaban J connectivity index is 2.49. The molecule has 0 aromatic carbocycles. The van der Waals surface area contributed by atoms with Gasteiger partial charge in [-0.25, -0.2) is 0 Å². The Kier molecular flexibility index (Phi) is 7.00. The first-order chi connectivity index (χ1) is 9.45. The van der Waals surface area contributed by atoms with Gasteiger partial charge in [-0.2, -0.15) is 0 Å². The monoisotopic (exact) mass is 278 g/mol. The molecule has 1 N–H and O–H groups in total. The average Bonchev–Trinajstić information content (AvgIpc) is 2.38. The number of rotatable bonds is 8. The van der Waals surface area contributed by atoms with Gasteiger partial charge >= 0.3 is 0 Å². The van der Waals surface area contributed by atoms with Gasteiger partial charge in [0.2, 0.25) is 0 Å². The number of pyridine rings is 1. The lowest BCUT2D eigenvalue weighted by atomic mass is 10.0. The van der Waals surface area contributed by atoms with Crippen molar-refractivity contribution in [1.29, 1.82) is 0 Å². The number of nitrogens with zero attached hydrogens (tertiary/aromatic N) is 1. The Morgan fingerprint density at radius 2 is 1.90 bits per heavy atom. The van der Waals surface area contributed by atoms with Crippen molar-refractivity contribution in [1.82, 2.24) is 10.3 Å². The quantitative estimate of drug-likeness (QED) is 0.790. The normalized spacial score (nSPS) is 12.8. The molecule has 0 fully saturated rings. The molecule has 1 aromatic rings. The summed E-state index contributed by atoms with van der Waals surface area (Å²) in [4.78, 5) is 4.57. The Labute approximate surface area is 124 Å². The highest BCUT2D eigenvalue weighted by Gasteiger charge is 2.11. The highest BCUT2D eigenvalue weighted by molar-refractivity contribution is 5.41. The van der Waals surface area contributed by atoms with Crippen LogP contribution in [-0.2, 0) is 6.42 Å². The van der Waals surface area contributed by atoms with Crippen LogP contribution < -0.4 is 10.1 Å². The maximum Gasteiger partial charge on any atom is 0.128 e. The minimum atomic E-state index is 0.669. The van der Waals surface area contributed by atoms with Crippen molar-refractivity contribution >= 4 is 0 Å². The second-order valence-corrected chi connectivity index (χ2v) is 6.24. The molecule has 1 rings (SSSR count). The minimum absolute atomic E-state index is 0.669. The lowest BCUT2D eigenvalue weighted by molar-refractivity contribution is 0.405. The van der Waals surface area contributed by atoms with Crippen molar-refractivity contribution in [3.05, 3.63) is 23.0 Å². The first-order valence-corrected chi connectivity index (χ1v) is 7.65. The Bertz CT molecular complexity index is 416. The third kappa shape index (κ3) is 5.12. The van der Waals surface area contributed by atoms with E-state index in [4.69, 9.17) is 4.74 Å². The lowest BCUT2D eigenvalue weighted by Gasteiger charge is -2.16. The molecule has 1 unspecified atom stereocenters. The van der Waals surface area contributed by atoms with Crippen LogP contribution in [0.15, 0.2) is 6.20 Å². The van der Waals surface area contributed by atoms with Crippen molar-refractivity contribution in [2.75, 3.05) is 20.2 Å². The van der Waals surface area contributed by atoms with Crippen molar-refractivity contribution < 1.29 is 4.74 Å². The van der Waals surface area contributed by atoms with E-state index in [1.54, 1.807) is 7.11 Å². The van der Waals surface area contributed by atoms with Gasteiger partial charge in [-0.3, -0.25) is 4.98 Å². The largest absolute Gasteiger partial charge is 0.496 e. The van der Waals surface area contributed by atoms with Crippen LogP contribution in [0.3, 0.4) is 0 Å². The van der Waals surface area contributed by atoms with Crippen LogP contribution in [-0.4, -0.2) is 25.2 Å². The van der Waals surface area contributed by atoms with E-state index in [1.165, 1.54) is 11.3 Å². The number of hydrogen-bond acceptors (Lipinski definition) is 3. The smallest absolute Gasteiger partial charge is 0.128 e. The fourth-order valence-corrected chi connectivity index (χ4v) is 2.43. The summed E-state index contributed by atoms with van der Waals surface area (Å²) in [6.07, 6.45) is 4.10. The van der Waals surface area contributed by atoms with Gasteiger partial charge in [0, 0.05) is 23.0 Å². The number of ether oxygens (including phenoxy) is 1. The maximum absolute atomic E-state index is 5.46. The number of aromatic nitrogens is 1. The second kappa shape index (κ2) is 8.25. The second-order valence-electron chi connectivity index (χ2n) is 6.24. The molecule has 1 heterocycles. The number of nitrogens with one attached hydrogen (secondary N) is 1. The topological polar surface area (TPSA) is 34.1 Å². The molecule has 0 spiro atoms. The number of hydrogen-bond donors (Lipinski definition) is 1. The Morgan fingerprint density at radius 1 is 1.20 bits per heavy atom. The zero-order chi connectivity index (χ0) is 15.1. The molecule has 0 aliphatic heterocycles. The van der Waals surface area contributed by atoms with E-state index in [-0.39, 0.29) is 0 Å². The van der Waals surface area contributed by atoms with Crippen molar-refractivity contribution in [2.45, 2.75) is 47.5 Å². The summed E-state index contributed by atoms with van der Waals surface area (Å²) in [5.74, 6) is 2.37. The maximum atomic E-state index is 5.46. The van der Waals surface area contributed by atoms with Crippen LogP contribution in [0, 0.1) is 25.7 Å². The van der Waals surface area contributed by atoms with Crippen LogP contribution in [0.5, 0.6) is 5.75 Å². The SMILES string of the molecule is COc1c(C)cnc(CCC(C)CNCC(C)C)c1C. The molecule has 0 bridgehead atoms. The molecule has 0 aliphatic carbocycles. The van der Waals surface area contributed by atoms with Gasteiger partial charge < -0.3 is 10.1 Å². The molecule has 0 saturated carbocycles. The first-order valence-electron chi connectivity index (χ1n) is 7.65. The molecule has 0 radical (unpaired) electrons. The van der Waals surface area contributed by atoms with Crippen LogP contribution in [0.2, 0.25) is 0 Å². The van der Waals surface area contributed by atoms with Gasteiger partial charge in [-0.15, -0.1) is 0 Å². The van der Waals surface area contributed by atoms with Gasteiger partial charge in [-0.1, -0.05) is 20.8 Å². The predicted molar refractivity (Wildman–Crippen MR) is 85.5 cm³/mol. The van der Waals surface area contributed by atoms with E-state index in [0.29, 0.717) is 11.8 Å². The fraction of sp³-hybridized carbons (Fsp3) is 0.706. The lowest BCUT2D eigenvalue weighted by Crippen LogP contribution is -2.25. The van der Waals surface area contributed by atoms with E-state index in [9.17, 15) is 0 Å². The first kappa shape index (κ1) is 17.0. The molecule has 1 atom stereocenters. The van der Waals surface area contributed by atoms with Crippen LogP contribution in [0.1, 0.15) is 44.0 Å². The van der Waals surface area contributed by atoms with E-state index in [2.05, 4.69) is 38.0 Å². The molecule has 0 aliphatic rings. The molecule has 114 valence electrons. The van der Waals surface area contributed by atoms with E-state index in [0.717, 1.165) is 37.2 Å². The predicted octanol–water partition coefficient (Wildman–Crippen LogP) is 3.52. The molecule has 20 heavy (non-hydrogen) atoms. The molecule has 3 heteroatoms. The van der Waals surface area contributed by atoms with Gasteiger partial charge in [0.1, 0.15) is 5.75 Å². The zero-order valence-corrected chi connectivity index (χ0v) is 13.9. The fourth-order valence-electron chi connectivity index (χ4n) is 2.43. The van der Waals surface area contributed by atoms with E-state index in [1.807, 2.05) is 13.1 Å². The standard InChI is InChI=1S/C17H30N2O/c1-12(2)9-18-10-13(3)7-8-16-15(5)17(20-6)14(4)11-19-16/h11-13,18H,7-10H2,1-6H3. The third-order valence-corrected chi connectivity index (χ3v) is 3.67. The van der Waals surface area contributed by atoms with Gasteiger partial charge in [0.15, 0.2) is 0 Å². The molecule has 3 nitrogen and oxygen atoms in total. The molecular formula is C17H30N2O. The van der Waals surface area contributed by atoms with Gasteiger partial charge in [0.25, 0.3) is 0 Å². The molecule has 0 saturated heterocycles. The average molecular weight is 278 g/mol. The molecule has 0 amide bonds. The molecule has 1 aromatic heterocycles. The van der Waals surface area contributed by atoms with Crippen molar-refractivity contribution in [3.8, 4) is 5.75 Å². The van der Waals surface area contributed by atoms with Crippen LogP contribution in [0.25, 0.3) is 0 Å². The van der Waals surface area contributed by atoms with E-state index < -0.39 is 0 Å².